The molecule has 2 atom stereocenters. The van der Waals surface area contributed by atoms with Crippen LogP contribution in [0, 0.1) is 22.7 Å². The van der Waals surface area contributed by atoms with Crippen LogP contribution in [-0.2, 0) is 0 Å². The number of rotatable bonds is 3. The summed E-state index contributed by atoms with van der Waals surface area (Å²) < 4.78 is 0. The number of aliphatic hydroxyl groups is 1. The van der Waals surface area contributed by atoms with Crippen molar-refractivity contribution in [2.45, 2.75) is 58.5 Å². The molecule has 0 aliphatic heterocycles. The number of nitrogens with zero attached hydrogens (tertiary/aromatic N) is 1. The van der Waals surface area contributed by atoms with E-state index in [4.69, 9.17) is 0 Å². The van der Waals surface area contributed by atoms with Crippen molar-refractivity contribution in [3.8, 4) is 6.07 Å². The van der Waals surface area contributed by atoms with Crippen LogP contribution in [0.4, 0.5) is 0 Å². The molecule has 14 heavy (non-hydrogen) atoms. The number of hydrogen-bond donors (Lipinski definition) is 1. The van der Waals surface area contributed by atoms with Gasteiger partial charge in [-0.3, -0.25) is 0 Å². The molecule has 2 nitrogen and oxygen atoms in total. The van der Waals surface area contributed by atoms with Crippen LogP contribution in [0.2, 0.25) is 0 Å². The minimum atomic E-state index is -0.771. The predicted molar refractivity (Wildman–Crippen MR) is 56.6 cm³/mol. The van der Waals surface area contributed by atoms with Gasteiger partial charge in [0.25, 0.3) is 0 Å². The molecular formula is C12H21NO. The van der Waals surface area contributed by atoms with Crippen molar-refractivity contribution in [3.63, 3.8) is 0 Å². The largest absolute Gasteiger partial charge is 0.388 e. The van der Waals surface area contributed by atoms with Crippen LogP contribution < -0.4 is 0 Å². The zero-order chi connectivity index (χ0) is 10.8. The van der Waals surface area contributed by atoms with Crippen molar-refractivity contribution in [2.75, 3.05) is 0 Å². The van der Waals surface area contributed by atoms with Crippen LogP contribution >= 0.6 is 0 Å². The summed E-state index contributed by atoms with van der Waals surface area (Å²) in [5.41, 5.74) is -1.25. The molecule has 1 aliphatic rings. The predicted octanol–water partition coefficient (Wildman–Crippen LogP) is 2.87. The molecule has 0 aromatic rings. The normalized spacial score (nSPS) is 32.9. The Labute approximate surface area is 86.9 Å². The van der Waals surface area contributed by atoms with Gasteiger partial charge in [0, 0.05) is 0 Å². The molecule has 0 spiro atoms. The van der Waals surface area contributed by atoms with E-state index in [1.807, 2.05) is 13.8 Å². The van der Waals surface area contributed by atoms with E-state index < -0.39 is 11.0 Å². The van der Waals surface area contributed by atoms with Gasteiger partial charge in [-0.05, 0) is 38.0 Å². The first-order valence-electron chi connectivity index (χ1n) is 5.67. The molecule has 1 rings (SSSR count). The van der Waals surface area contributed by atoms with Crippen LogP contribution in [0.5, 0.6) is 0 Å². The summed E-state index contributed by atoms with van der Waals surface area (Å²) in [7, 11) is 0. The lowest BCUT2D eigenvalue weighted by atomic mass is 9.68. The minimum Gasteiger partial charge on any atom is -0.388 e. The van der Waals surface area contributed by atoms with Gasteiger partial charge >= 0.3 is 0 Å². The molecule has 1 N–H and O–H groups in total. The number of nitriles is 1. The maximum Gasteiger partial charge on any atom is 0.0862 e. The molecule has 0 radical (unpaired) electrons. The van der Waals surface area contributed by atoms with Gasteiger partial charge in [-0.1, -0.05) is 20.8 Å². The lowest BCUT2D eigenvalue weighted by Crippen LogP contribution is -2.45. The summed E-state index contributed by atoms with van der Waals surface area (Å²) in [6, 6.07) is 2.40. The third-order valence-corrected chi connectivity index (χ3v) is 4.04. The molecule has 0 heterocycles. The first-order valence-corrected chi connectivity index (χ1v) is 5.67. The molecule has 0 amide bonds. The standard InChI is InChI=1S/C12H21NO/c1-4-12(14,5-2)11(9-13)7-6-10(3)8-11/h10,14H,4-8H2,1-3H3. The highest BCUT2D eigenvalue weighted by molar-refractivity contribution is 5.13. The van der Waals surface area contributed by atoms with E-state index in [9.17, 15) is 10.4 Å². The summed E-state index contributed by atoms with van der Waals surface area (Å²) in [5, 5.41) is 19.8. The van der Waals surface area contributed by atoms with Gasteiger partial charge in [0.2, 0.25) is 0 Å². The SMILES string of the molecule is CCC(O)(CC)C1(C#N)CCC(C)C1. The van der Waals surface area contributed by atoms with Gasteiger partial charge in [0.15, 0.2) is 0 Å². The Kier molecular flexibility index (Phi) is 3.21. The topological polar surface area (TPSA) is 44.0 Å². The Balaban J connectivity index is 2.96. The van der Waals surface area contributed by atoms with E-state index in [2.05, 4.69) is 13.0 Å². The van der Waals surface area contributed by atoms with Crippen LogP contribution in [0.1, 0.15) is 52.9 Å². The van der Waals surface area contributed by atoms with Crippen molar-refractivity contribution < 1.29 is 5.11 Å². The lowest BCUT2D eigenvalue weighted by Gasteiger charge is -2.39. The highest BCUT2D eigenvalue weighted by atomic mass is 16.3. The minimum absolute atomic E-state index is 0.476. The number of hydrogen-bond acceptors (Lipinski definition) is 2. The zero-order valence-electron chi connectivity index (χ0n) is 9.51. The van der Waals surface area contributed by atoms with Gasteiger partial charge in [-0.25, -0.2) is 0 Å². The summed E-state index contributed by atoms with van der Waals surface area (Å²) in [6.45, 7) is 6.13. The highest BCUT2D eigenvalue weighted by Gasteiger charge is 2.51. The first kappa shape index (κ1) is 11.5. The maximum atomic E-state index is 10.5. The summed E-state index contributed by atoms with van der Waals surface area (Å²) in [4.78, 5) is 0. The molecule has 0 aromatic carbocycles. The van der Waals surface area contributed by atoms with Crippen LogP contribution in [0.25, 0.3) is 0 Å². The lowest BCUT2D eigenvalue weighted by molar-refractivity contribution is -0.0606. The second-order valence-corrected chi connectivity index (χ2v) is 4.78. The summed E-state index contributed by atoms with van der Waals surface area (Å²) >= 11 is 0. The Morgan fingerprint density at radius 3 is 2.36 bits per heavy atom. The van der Waals surface area contributed by atoms with E-state index in [-0.39, 0.29) is 0 Å². The fourth-order valence-electron chi connectivity index (χ4n) is 2.85. The average Bonchev–Trinajstić information content (AvgIpc) is 2.60. The van der Waals surface area contributed by atoms with E-state index >= 15 is 0 Å². The van der Waals surface area contributed by atoms with E-state index in [1.54, 1.807) is 0 Å². The zero-order valence-corrected chi connectivity index (χ0v) is 9.51. The molecule has 0 saturated heterocycles. The third kappa shape index (κ3) is 1.54. The molecule has 1 fully saturated rings. The van der Waals surface area contributed by atoms with Crippen LogP contribution in [-0.4, -0.2) is 10.7 Å². The van der Waals surface area contributed by atoms with Gasteiger partial charge in [0.05, 0.1) is 17.1 Å². The first-order chi connectivity index (χ1) is 6.53. The Morgan fingerprint density at radius 2 is 2.07 bits per heavy atom. The molecule has 2 heteroatoms. The van der Waals surface area contributed by atoms with Gasteiger partial charge in [0.1, 0.15) is 0 Å². The van der Waals surface area contributed by atoms with E-state index in [0.29, 0.717) is 18.8 Å². The molecule has 2 unspecified atom stereocenters. The molecule has 80 valence electrons. The monoisotopic (exact) mass is 195 g/mol. The Bertz CT molecular complexity index is 239. The molecule has 0 bridgehead atoms. The van der Waals surface area contributed by atoms with Crippen molar-refractivity contribution in [1.29, 1.82) is 5.26 Å². The summed E-state index contributed by atoms with van der Waals surface area (Å²) in [6.07, 6.45) is 4.17. The van der Waals surface area contributed by atoms with Gasteiger partial charge < -0.3 is 5.11 Å². The van der Waals surface area contributed by atoms with Crippen molar-refractivity contribution in [2.24, 2.45) is 11.3 Å². The quantitative estimate of drug-likeness (QED) is 0.752. The van der Waals surface area contributed by atoms with Crippen LogP contribution in [0.15, 0.2) is 0 Å². The van der Waals surface area contributed by atoms with Crippen molar-refractivity contribution >= 4 is 0 Å². The summed E-state index contributed by atoms with van der Waals surface area (Å²) in [5.74, 6) is 0.583. The molecular weight excluding hydrogens is 174 g/mol. The van der Waals surface area contributed by atoms with Gasteiger partial charge in [-0.15, -0.1) is 0 Å². The Morgan fingerprint density at radius 1 is 1.50 bits per heavy atom. The van der Waals surface area contributed by atoms with Crippen LogP contribution in [0.3, 0.4) is 0 Å². The second kappa shape index (κ2) is 3.90. The molecule has 1 aliphatic carbocycles. The van der Waals surface area contributed by atoms with E-state index in [1.165, 1.54) is 0 Å². The van der Waals surface area contributed by atoms with Crippen molar-refractivity contribution in [1.82, 2.24) is 0 Å². The fraction of sp³-hybridized carbons (Fsp3) is 0.917. The highest BCUT2D eigenvalue weighted by Crippen LogP contribution is 2.51. The average molecular weight is 195 g/mol. The van der Waals surface area contributed by atoms with Gasteiger partial charge in [-0.2, -0.15) is 5.26 Å². The Hall–Kier alpha value is -0.550. The smallest absolute Gasteiger partial charge is 0.0862 e. The second-order valence-electron chi connectivity index (χ2n) is 4.78. The maximum absolute atomic E-state index is 10.5. The van der Waals surface area contributed by atoms with Crippen molar-refractivity contribution in [3.05, 3.63) is 0 Å². The molecule has 1 saturated carbocycles. The van der Waals surface area contributed by atoms with E-state index in [0.717, 1.165) is 19.3 Å². The molecule has 0 aromatic heterocycles. The third-order valence-electron chi connectivity index (χ3n) is 4.04. The fourth-order valence-corrected chi connectivity index (χ4v) is 2.85.